The van der Waals surface area contributed by atoms with E-state index in [9.17, 15) is 22.8 Å². The van der Waals surface area contributed by atoms with E-state index in [-0.39, 0.29) is 16.9 Å². The number of nitrogens with zero attached hydrogens (tertiary/aromatic N) is 2. The number of morpholine rings is 1. The fourth-order valence-electron chi connectivity index (χ4n) is 3.36. The highest BCUT2D eigenvalue weighted by Crippen LogP contribution is 2.39. The van der Waals surface area contributed by atoms with Crippen molar-refractivity contribution < 1.29 is 27.5 Å². The molecular weight excluding hydrogens is 423 g/mol. The van der Waals surface area contributed by atoms with Crippen LogP contribution in [0.15, 0.2) is 47.3 Å². The van der Waals surface area contributed by atoms with Gasteiger partial charge >= 0.3 is 6.18 Å². The summed E-state index contributed by atoms with van der Waals surface area (Å²) in [5.74, 6) is -1.43. The molecular formula is C20H15ClF3N3O3. The average molecular weight is 438 g/mol. The lowest BCUT2D eigenvalue weighted by molar-refractivity contribution is -0.136. The van der Waals surface area contributed by atoms with Crippen molar-refractivity contribution in [1.82, 2.24) is 4.98 Å². The number of alkyl halides is 3. The number of carbonyl (C=O) groups is 2. The van der Waals surface area contributed by atoms with Crippen LogP contribution in [0.4, 0.5) is 24.5 Å². The number of fused-ring (bicyclic) bond motifs is 1. The summed E-state index contributed by atoms with van der Waals surface area (Å²) in [6, 6.07) is 6.58. The molecule has 0 radical (unpaired) electrons. The molecule has 1 aliphatic heterocycles. The number of allylic oxidation sites excluding steroid dienone is 2. The van der Waals surface area contributed by atoms with Crippen molar-refractivity contribution in [3.8, 4) is 0 Å². The Labute approximate surface area is 174 Å². The number of rotatable bonds is 3. The topological polar surface area (TPSA) is 71.5 Å². The second-order valence-electron chi connectivity index (χ2n) is 6.70. The van der Waals surface area contributed by atoms with Crippen LogP contribution >= 0.6 is 11.6 Å². The highest BCUT2D eigenvalue weighted by Gasteiger charge is 2.37. The number of pyridine rings is 1. The van der Waals surface area contributed by atoms with Gasteiger partial charge in [0.25, 0.3) is 0 Å². The second kappa shape index (κ2) is 7.73. The van der Waals surface area contributed by atoms with Gasteiger partial charge in [-0.3, -0.25) is 14.6 Å². The van der Waals surface area contributed by atoms with E-state index < -0.39 is 34.0 Å². The molecule has 1 aromatic heterocycles. The summed E-state index contributed by atoms with van der Waals surface area (Å²) in [6.45, 7) is 1.79. The number of aromatic nitrogens is 1. The van der Waals surface area contributed by atoms with Gasteiger partial charge in [0.1, 0.15) is 16.4 Å². The van der Waals surface area contributed by atoms with Gasteiger partial charge in [0.05, 0.1) is 30.0 Å². The van der Waals surface area contributed by atoms with Crippen LogP contribution in [-0.4, -0.2) is 42.9 Å². The number of ether oxygens (including phenoxy) is 1. The number of halogens is 4. The molecule has 2 aromatic rings. The van der Waals surface area contributed by atoms with Crippen LogP contribution in [0.1, 0.15) is 26.4 Å². The van der Waals surface area contributed by atoms with Gasteiger partial charge in [-0.15, -0.1) is 0 Å². The highest BCUT2D eigenvalue weighted by molar-refractivity contribution is 6.50. The minimum atomic E-state index is -4.70. The zero-order valence-electron chi connectivity index (χ0n) is 15.4. The van der Waals surface area contributed by atoms with Gasteiger partial charge in [0, 0.05) is 25.0 Å². The third kappa shape index (κ3) is 3.66. The van der Waals surface area contributed by atoms with Crippen molar-refractivity contribution in [2.75, 3.05) is 36.5 Å². The van der Waals surface area contributed by atoms with Crippen LogP contribution < -0.4 is 10.2 Å². The summed E-state index contributed by atoms with van der Waals surface area (Å²) in [4.78, 5) is 30.8. The van der Waals surface area contributed by atoms with Crippen LogP contribution in [0.5, 0.6) is 0 Å². The van der Waals surface area contributed by atoms with E-state index in [0.29, 0.717) is 32.0 Å². The quantitative estimate of drug-likeness (QED) is 0.785. The fourth-order valence-corrected chi connectivity index (χ4v) is 3.58. The summed E-state index contributed by atoms with van der Waals surface area (Å²) in [5, 5.41) is 1.94. The summed E-state index contributed by atoms with van der Waals surface area (Å²) in [5.41, 5.74) is -1.52. The van der Waals surface area contributed by atoms with E-state index in [1.54, 1.807) is 4.90 Å². The van der Waals surface area contributed by atoms with Crippen molar-refractivity contribution in [2.45, 2.75) is 6.18 Å². The average Bonchev–Trinajstić information content (AvgIpc) is 2.75. The van der Waals surface area contributed by atoms with E-state index >= 15 is 0 Å². The Hall–Kier alpha value is -2.91. The molecule has 0 amide bonds. The highest BCUT2D eigenvalue weighted by atomic mass is 35.5. The van der Waals surface area contributed by atoms with Gasteiger partial charge < -0.3 is 15.0 Å². The minimum Gasteiger partial charge on any atom is -0.378 e. The van der Waals surface area contributed by atoms with Gasteiger partial charge in [0.15, 0.2) is 0 Å². The molecule has 0 spiro atoms. The maximum atomic E-state index is 13.8. The molecule has 1 saturated heterocycles. The van der Waals surface area contributed by atoms with Crippen LogP contribution in [0.2, 0.25) is 0 Å². The zero-order valence-corrected chi connectivity index (χ0v) is 16.2. The van der Waals surface area contributed by atoms with Crippen LogP contribution in [0.3, 0.4) is 0 Å². The third-order valence-corrected chi connectivity index (χ3v) is 5.22. The molecule has 1 N–H and O–H groups in total. The van der Waals surface area contributed by atoms with E-state index in [0.717, 1.165) is 6.07 Å². The standard InChI is InChI=1S/C20H15ClF3N3O3/c21-15-17(18(28)12-2-1-5-25-16(12)19(15)29)26-14-4-3-11(10-13(14)20(22,23)24)27-6-8-30-9-7-27/h1-5,10,26H,6-9H2. The summed E-state index contributed by atoms with van der Waals surface area (Å²) >= 11 is 6.03. The first-order valence-corrected chi connectivity index (χ1v) is 9.40. The molecule has 1 aliphatic carbocycles. The monoisotopic (exact) mass is 437 g/mol. The van der Waals surface area contributed by atoms with Gasteiger partial charge in [0.2, 0.25) is 11.6 Å². The molecule has 1 fully saturated rings. The molecule has 0 atom stereocenters. The first-order chi connectivity index (χ1) is 14.3. The van der Waals surface area contributed by atoms with Crippen molar-refractivity contribution in [1.29, 1.82) is 0 Å². The first kappa shape index (κ1) is 20.4. The Balaban J connectivity index is 1.73. The number of hydrogen-bond donors (Lipinski definition) is 1. The Kier molecular flexibility index (Phi) is 5.25. The van der Waals surface area contributed by atoms with Crippen molar-refractivity contribution in [3.05, 3.63) is 64.1 Å². The number of benzene rings is 1. The predicted octanol–water partition coefficient (Wildman–Crippen LogP) is 3.88. The van der Waals surface area contributed by atoms with Gasteiger partial charge in [-0.25, -0.2) is 0 Å². The van der Waals surface area contributed by atoms with E-state index in [2.05, 4.69) is 10.3 Å². The number of Topliss-reactive ketones (excluding diaryl/α,β-unsaturated/α-hetero) is 2. The van der Waals surface area contributed by atoms with E-state index in [1.807, 2.05) is 0 Å². The van der Waals surface area contributed by atoms with E-state index in [1.165, 1.54) is 30.5 Å². The molecule has 1 aromatic carbocycles. The lowest BCUT2D eigenvalue weighted by Gasteiger charge is -2.30. The number of hydrogen-bond acceptors (Lipinski definition) is 6. The Morgan fingerprint density at radius 1 is 1.10 bits per heavy atom. The lowest BCUT2D eigenvalue weighted by Crippen LogP contribution is -2.36. The summed E-state index contributed by atoms with van der Waals surface area (Å²) in [7, 11) is 0. The number of nitrogens with one attached hydrogen (secondary N) is 1. The summed E-state index contributed by atoms with van der Waals surface area (Å²) < 4.78 is 46.5. The molecule has 30 heavy (non-hydrogen) atoms. The SMILES string of the molecule is O=C1C(Nc2ccc(N3CCOCC3)cc2C(F)(F)F)=C(Cl)C(=O)c2ncccc21. The number of carbonyl (C=O) groups excluding carboxylic acids is 2. The maximum absolute atomic E-state index is 13.8. The largest absolute Gasteiger partial charge is 0.418 e. The van der Waals surface area contributed by atoms with Crippen LogP contribution in [-0.2, 0) is 10.9 Å². The minimum absolute atomic E-state index is 0.0205. The molecule has 0 saturated carbocycles. The molecule has 156 valence electrons. The molecule has 6 nitrogen and oxygen atoms in total. The smallest absolute Gasteiger partial charge is 0.378 e. The van der Waals surface area contributed by atoms with E-state index in [4.69, 9.17) is 16.3 Å². The Bertz CT molecular complexity index is 1060. The summed E-state index contributed by atoms with van der Waals surface area (Å²) in [6.07, 6.45) is -3.36. The lowest BCUT2D eigenvalue weighted by atomic mass is 9.96. The van der Waals surface area contributed by atoms with Crippen molar-refractivity contribution in [3.63, 3.8) is 0 Å². The zero-order chi connectivity index (χ0) is 21.5. The van der Waals surface area contributed by atoms with Crippen molar-refractivity contribution in [2.24, 2.45) is 0 Å². The Morgan fingerprint density at radius 3 is 2.53 bits per heavy atom. The molecule has 10 heteroatoms. The van der Waals surface area contributed by atoms with Crippen molar-refractivity contribution >= 4 is 34.5 Å². The third-order valence-electron chi connectivity index (χ3n) is 4.86. The molecule has 4 rings (SSSR count). The Morgan fingerprint density at radius 2 is 1.83 bits per heavy atom. The molecule has 0 bridgehead atoms. The normalized spacial score (nSPS) is 17.3. The van der Waals surface area contributed by atoms with Crippen LogP contribution in [0, 0.1) is 0 Å². The molecule has 2 aliphatic rings. The number of ketones is 2. The first-order valence-electron chi connectivity index (χ1n) is 9.02. The fraction of sp³-hybridized carbons (Fsp3) is 0.250. The van der Waals surface area contributed by atoms with Gasteiger partial charge in [-0.05, 0) is 30.3 Å². The predicted molar refractivity (Wildman–Crippen MR) is 104 cm³/mol. The van der Waals surface area contributed by atoms with Gasteiger partial charge in [-0.2, -0.15) is 13.2 Å². The maximum Gasteiger partial charge on any atom is 0.418 e. The van der Waals surface area contributed by atoms with Gasteiger partial charge in [-0.1, -0.05) is 11.6 Å². The second-order valence-corrected chi connectivity index (χ2v) is 7.08. The number of anilines is 2. The molecule has 2 heterocycles. The molecule has 0 unspecified atom stereocenters. The van der Waals surface area contributed by atoms with Crippen LogP contribution in [0.25, 0.3) is 0 Å².